The Morgan fingerprint density at radius 3 is 2.25 bits per heavy atom. The van der Waals surface area contributed by atoms with E-state index in [-0.39, 0.29) is 18.4 Å². The molecule has 0 aromatic carbocycles. The fourth-order valence-corrected chi connectivity index (χ4v) is 2.57. The van der Waals surface area contributed by atoms with Crippen LogP contribution >= 0.6 is 12.4 Å². The normalized spacial score (nSPS) is 26.8. The van der Waals surface area contributed by atoms with Gasteiger partial charge in [-0.05, 0) is 32.2 Å². The molecular weight excluding hydrogens is 224 g/mol. The van der Waals surface area contributed by atoms with Crippen molar-refractivity contribution in [3.8, 4) is 0 Å². The summed E-state index contributed by atoms with van der Waals surface area (Å²) in [5, 5.41) is 3.35. The number of likely N-dealkylation sites (tertiary alicyclic amines) is 1. The maximum Gasteiger partial charge on any atom is 0.239 e. The number of rotatable bonds is 1. The molecule has 0 radical (unpaired) electrons. The standard InChI is InChI=1S/C12H22N2O.ClH/c15-12(11-7-3-4-8-13-11)14-9-5-1-2-6-10-14;/h11,13H,1-10H2;1H. The number of carbonyl (C=O) groups excluding carboxylic acids is 1. The van der Waals surface area contributed by atoms with Crippen molar-refractivity contribution in [2.24, 2.45) is 0 Å². The van der Waals surface area contributed by atoms with Gasteiger partial charge in [-0.2, -0.15) is 0 Å². The minimum Gasteiger partial charge on any atom is -0.341 e. The van der Waals surface area contributed by atoms with Crippen LogP contribution in [-0.4, -0.2) is 36.5 Å². The largest absolute Gasteiger partial charge is 0.341 e. The van der Waals surface area contributed by atoms with Crippen LogP contribution in [0, 0.1) is 0 Å². The highest BCUT2D eigenvalue weighted by Gasteiger charge is 2.25. The zero-order chi connectivity index (χ0) is 10.5. The molecule has 3 nitrogen and oxygen atoms in total. The topological polar surface area (TPSA) is 32.3 Å². The second-order valence-electron chi connectivity index (χ2n) is 4.74. The highest BCUT2D eigenvalue weighted by atomic mass is 35.5. The summed E-state index contributed by atoms with van der Waals surface area (Å²) in [5.41, 5.74) is 0. The lowest BCUT2D eigenvalue weighted by Crippen LogP contribution is -2.48. The van der Waals surface area contributed by atoms with Crippen LogP contribution in [0.2, 0.25) is 0 Å². The number of piperidine rings is 1. The zero-order valence-corrected chi connectivity index (χ0v) is 10.7. The van der Waals surface area contributed by atoms with E-state index in [0.717, 1.165) is 26.1 Å². The lowest BCUT2D eigenvalue weighted by Gasteiger charge is -2.29. The molecule has 4 heteroatoms. The summed E-state index contributed by atoms with van der Waals surface area (Å²) >= 11 is 0. The minimum atomic E-state index is 0. The number of amides is 1. The van der Waals surface area contributed by atoms with Gasteiger partial charge in [0.2, 0.25) is 5.91 Å². The predicted octanol–water partition coefficient (Wildman–Crippen LogP) is 1.95. The van der Waals surface area contributed by atoms with Crippen molar-refractivity contribution in [2.45, 2.75) is 51.0 Å². The van der Waals surface area contributed by atoms with Gasteiger partial charge in [0.1, 0.15) is 0 Å². The lowest BCUT2D eigenvalue weighted by molar-refractivity contribution is -0.134. The second kappa shape index (κ2) is 7.13. The first-order valence-electron chi connectivity index (χ1n) is 6.40. The maximum absolute atomic E-state index is 12.2. The Kier molecular flexibility index (Phi) is 6.14. The van der Waals surface area contributed by atoms with Gasteiger partial charge >= 0.3 is 0 Å². The molecule has 2 aliphatic rings. The molecule has 1 unspecified atom stereocenters. The van der Waals surface area contributed by atoms with Crippen molar-refractivity contribution in [1.29, 1.82) is 0 Å². The number of carbonyl (C=O) groups is 1. The van der Waals surface area contributed by atoms with Crippen molar-refractivity contribution >= 4 is 18.3 Å². The van der Waals surface area contributed by atoms with E-state index in [4.69, 9.17) is 0 Å². The Hall–Kier alpha value is -0.280. The molecule has 0 spiro atoms. The number of nitrogens with zero attached hydrogens (tertiary/aromatic N) is 1. The van der Waals surface area contributed by atoms with Crippen molar-refractivity contribution in [3.05, 3.63) is 0 Å². The summed E-state index contributed by atoms with van der Waals surface area (Å²) in [6.45, 7) is 2.98. The van der Waals surface area contributed by atoms with E-state index < -0.39 is 0 Å². The Balaban J connectivity index is 0.00000128. The Morgan fingerprint density at radius 1 is 1.00 bits per heavy atom. The van der Waals surface area contributed by atoms with Crippen LogP contribution in [0.1, 0.15) is 44.9 Å². The lowest BCUT2D eigenvalue weighted by atomic mass is 10.0. The first-order valence-corrected chi connectivity index (χ1v) is 6.40. The second-order valence-corrected chi connectivity index (χ2v) is 4.74. The Morgan fingerprint density at radius 2 is 1.69 bits per heavy atom. The molecule has 0 saturated carbocycles. The Bertz CT molecular complexity index is 209. The van der Waals surface area contributed by atoms with Crippen LogP contribution in [0.5, 0.6) is 0 Å². The van der Waals surface area contributed by atoms with Crippen LogP contribution in [-0.2, 0) is 4.79 Å². The summed E-state index contributed by atoms with van der Waals surface area (Å²) in [4.78, 5) is 14.2. The summed E-state index contributed by atoms with van der Waals surface area (Å²) < 4.78 is 0. The van der Waals surface area contributed by atoms with Gasteiger partial charge in [-0.15, -0.1) is 12.4 Å². The molecule has 0 aliphatic carbocycles. The predicted molar refractivity (Wildman–Crippen MR) is 67.9 cm³/mol. The van der Waals surface area contributed by atoms with Crippen molar-refractivity contribution in [2.75, 3.05) is 19.6 Å². The van der Waals surface area contributed by atoms with E-state index in [2.05, 4.69) is 10.2 Å². The van der Waals surface area contributed by atoms with Crippen LogP contribution in [0.25, 0.3) is 0 Å². The molecule has 1 N–H and O–H groups in total. The molecule has 94 valence electrons. The third-order valence-corrected chi connectivity index (χ3v) is 3.53. The first kappa shape index (κ1) is 13.8. The fourth-order valence-electron chi connectivity index (χ4n) is 2.57. The zero-order valence-electron chi connectivity index (χ0n) is 9.91. The molecule has 2 fully saturated rings. The van der Waals surface area contributed by atoms with Gasteiger partial charge in [-0.25, -0.2) is 0 Å². The quantitative estimate of drug-likeness (QED) is 0.767. The van der Waals surface area contributed by atoms with E-state index >= 15 is 0 Å². The van der Waals surface area contributed by atoms with Crippen LogP contribution in [0.3, 0.4) is 0 Å². The third kappa shape index (κ3) is 3.63. The molecule has 16 heavy (non-hydrogen) atoms. The summed E-state index contributed by atoms with van der Waals surface area (Å²) in [7, 11) is 0. The van der Waals surface area contributed by atoms with Crippen LogP contribution in [0.15, 0.2) is 0 Å². The molecule has 2 heterocycles. The van der Waals surface area contributed by atoms with Crippen molar-refractivity contribution < 1.29 is 4.79 Å². The molecule has 1 amide bonds. The molecule has 0 bridgehead atoms. The van der Waals surface area contributed by atoms with Crippen LogP contribution < -0.4 is 5.32 Å². The molecule has 1 atom stereocenters. The number of halogens is 1. The average Bonchev–Trinajstić information content (AvgIpc) is 2.58. The molecule has 2 rings (SSSR count). The van der Waals surface area contributed by atoms with E-state index in [1.807, 2.05) is 0 Å². The molecule has 0 aromatic heterocycles. The highest BCUT2D eigenvalue weighted by molar-refractivity contribution is 5.85. The van der Waals surface area contributed by atoms with Gasteiger partial charge in [-0.3, -0.25) is 4.79 Å². The number of hydrogen-bond donors (Lipinski definition) is 1. The molecular formula is C12H23ClN2O. The summed E-state index contributed by atoms with van der Waals surface area (Å²) in [6.07, 6.45) is 8.44. The number of nitrogens with one attached hydrogen (secondary N) is 1. The number of hydrogen-bond acceptors (Lipinski definition) is 2. The fraction of sp³-hybridized carbons (Fsp3) is 0.917. The van der Waals surface area contributed by atoms with Crippen molar-refractivity contribution in [1.82, 2.24) is 10.2 Å². The van der Waals surface area contributed by atoms with Crippen molar-refractivity contribution in [3.63, 3.8) is 0 Å². The minimum absolute atomic E-state index is 0. The molecule has 2 aliphatic heterocycles. The molecule has 2 saturated heterocycles. The van der Waals surface area contributed by atoms with Gasteiger partial charge in [0.25, 0.3) is 0 Å². The van der Waals surface area contributed by atoms with Crippen LogP contribution in [0.4, 0.5) is 0 Å². The summed E-state index contributed by atoms with van der Waals surface area (Å²) in [6, 6.07) is 0.122. The van der Waals surface area contributed by atoms with E-state index in [9.17, 15) is 4.79 Å². The van der Waals surface area contributed by atoms with Gasteiger partial charge in [0.05, 0.1) is 6.04 Å². The first-order chi connectivity index (χ1) is 7.38. The van der Waals surface area contributed by atoms with Gasteiger partial charge in [0.15, 0.2) is 0 Å². The third-order valence-electron chi connectivity index (χ3n) is 3.53. The Labute approximate surface area is 104 Å². The SMILES string of the molecule is Cl.O=C(C1CCCCN1)N1CCCCCC1. The smallest absolute Gasteiger partial charge is 0.239 e. The summed E-state index contributed by atoms with van der Waals surface area (Å²) in [5.74, 6) is 0.358. The monoisotopic (exact) mass is 246 g/mol. The van der Waals surface area contributed by atoms with Gasteiger partial charge in [-0.1, -0.05) is 19.3 Å². The molecule has 0 aromatic rings. The van der Waals surface area contributed by atoms with E-state index in [1.54, 1.807) is 0 Å². The van der Waals surface area contributed by atoms with E-state index in [0.29, 0.717) is 5.91 Å². The maximum atomic E-state index is 12.2. The van der Waals surface area contributed by atoms with E-state index in [1.165, 1.54) is 38.5 Å². The van der Waals surface area contributed by atoms with Gasteiger partial charge < -0.3 is 10.2 Å². The highest BCUT2D eigenvalue weighted by Crippen LogP contribution is 2.14. The van der Waals surface area contributed by atoms with Gasteiger partial charge in [0, 0.05) is 13.1 Å². The average molecular weight is 247 g/mol.